The van der Waals surface area contributed by atoms with Crippen LogP contribution in [0, 0.1) is 0 Å². The third-order valence-electron chi connectivity index (χ3n) is 2.01. The van der Waals surface area contributed by atoms with Crippen molar-refractivity contribution in [3.05, 3.63) is 18.3 Å². The topological polar surface area (TPSA) is 103 Å². The Morgan fingerprint density at radius 2 is 2.47 bits per heavy atom. The summed E-state index contributed by atoms with van der Waals surface area (Å²) in [4.78, 5) is 7.99. The van der Waals surface area contributed by atoms with E-state index in [1.165, 1.54) is 0 Å². The summed E-state index contributed by atoms with van der Waals surface area (Å²) >= 11 is 0. The normalized spacial score (nSPS) is 13.0. The van der Waals surface area contributed by atoms with Crippen molar-refractivity contribution < 1.29 is 9.63 Å². The van der Waals surface area contributed by atoms with Crippen LogP contribution in [-0.4, -0.2) is 31.4 Å². The van der Waals surface area contributed by atoms with Gasteiger partial charge in [0.2, 0.25) is 0 Å². The predicted molar refractivity (Wildman–Crippen MR) is 50.5 cm³/mol. The first-order valence-electron chi connectivity index (χ1n) is 4.39. The quantitative estimate of drug-likeness (QED) is 0.703. The molecule has 0 saturated carbocycles. The average Bonchev–Trinajstić information content (AvgIpc) is 2.84. The number of aliphatic hydroxyl groups is 1. The highest BCUT2D eigenvalue weighted by Crippen LogP contribution is 2.16. The van der Waals surface area contributed by atoms with E-state index in [4.69, 9.17) is 15.4 Å². The molecule has 0 aliphatic rings. The lowest BCUT2D eigenvalue weighted by Crippen LogP contribution is -2.15. The summed E-state index contributed by atoms with van der Waals surface area (Å²) in [5, 5.41) is 12.5. The van der Waals surface area contributed by atoms with Gasteiger partial charge in [0.05, 0.1) is 25.2 Å². The van der Waals surface area contributed by atoms with E-state index in [1.54, 1.807) is 17.1 Å². The highest BCUT2D eigenvalue weighted by atomic mass is 16.5. The molecule has 0 radical (unpaired) electrons. The SMILES string of the molecule is Cn1cncc1-c1nc(C(N)CO)no1. The number of aliphatic hydroxyl groups excluding tert-OH is 1. The number of nitrogens with two attached hydrogens (primary N) is 1. The molecule has 0 amide bonds. The van der Waals surface area contributed by atoms with Crippen molar-refractivity contribution in [3.63, 3.8) is 0 Å². The van der Waals surface area contributed by atoms with Crippen molar-refractivity contribution in [2.24, 2.45) is 12.8 Å². The Morgan fingerprint density at radius 3 is 3.07 bits per heavy atom. The molecule has 1 atom stereocenters. The summed E-state index contributed by atoms with van der Waals surface area (Å²) in [5.41, 5.74) is 6.25. The van der Waals surface area contributed by atoms with Crippen LogP contribution in [0.5, 0.6) is 0 Å². The van der Waals surface area contributed by atoms with Crippen LogP contribution in [0.2, 0.25) is 0 Å². The third kappa shape index (κ3) is 1.74. The maximum atomic E-state index is 8.82. The molecule has 2 aromatic heterocycles. The Balaban J connectivity index is 2.32. The van der Waals surface area contributed by atoms with Gasteiger partial charge in [0.15, 0.2) is 5.82 Å². The van der Waals surface area contributed by atoms with Crippen LogP contribution in [0.4, 0.5) is 0 Å². The Bertz CT molecular complexity index is 449. The Morgan fingerprint density at radius 1 is 1.67 bits per heavy atom. The van der Waals surface area contributed by atoms with E-state index in [1.807, 2.05) is 7.05 Å². The number of imidazole rings is 1. The Hall–Kier alpha value is -1.73. The van der Waals surface area contributed by atoms with E-state index >= 15 is 0 Å². The lowest BCUT2D eigenvalue weighted by molar-refractivity contribution is 0.260. The molecule has 0 bridgehead atoms. The van der Waals surface area contributed by atoms with Gasteiger partial charge in [-0.15, -0.1) is 0 Å². The minimum atomic E-state index is -0.615. The van der Waals surface area contributed by atoms with E-state index < -0.39 is 6.04 Å². The average molecular weight is 209 g/mol. The molecule has 2 heterocycles. The fourth-order valence-corrected chi connectivity index (χ4v) is 1.13. The van der Waals surface area contributed by atoms with Gasteiger partial charge in [-0.2, -0.15) is 4.98 Å². The highest BCUT2D eigenvalue weighted by molar-refractivity contribution is 5.45. The highest BCUT2D eigenvalue weighted by Gasteiger charge is 2.15. The molecule has 7 nitrogen and oxygen atoms in total. The number of rotatable bonds is 3. The zero-order valence-corrected chi connectivity index (χ0v) is 8.16. The number of aromatic nitrogens is 4. The number of hydrogen-bond donors (Lipinski definition) is 2. The van der Waals surface area contributed by atoms with Crippen LogP contribution in [0.15, 0.2) is 17.0 Å². The molecule has 2 aromatic rings. The second kappa shape index (κ2) is 3.79. The first-order valence-corrected chi connectivity index (χ1v) is 4.39. The molecule has 15 heavy (non-hydrogen) atoms. The lowest BCUT2D eigenvalue weighted by atomic mass is 10.3. The molecule has 0 saturated heterocycles. The zero-order valence-electron chi connectivity index (χ0n) is 8.16. The van der Waals surface area contributed by atoms with Crippen LogP contribution in [0.1, 0.15) is 11.9 Å². The van der Waals surface area contributed by atoms with Gasteiger partial charge < -0.3 is 19.9 Å². The van der Waals surface area contributed by atoms with Gasteiger partial charge in [-0.05, 0) is 0 Å². The summed E-state index contributed by atoms with van der Waals surface area (Å²) in [5.74, 6) is 0.627. The van der Waals surface area contributed by atoms with E-state index in [2.05, 4.69) is 15.1 Å². The van der Waals surface area contributed by atoms with Crippen molar-refractivity contribution in [2.45, 2.75) is 6.04 Å². The molecule has 0 aliphatic carbocycles. The minimum Gasteiger partial charge on any atom is -0.394 e. The molecule has 0 fully saturated rings. The molecule has 0 aromatic carbocycles. The van der Waals surface area contributed by atoms with E-state index in [0.717, 1.165) is 0 Å². The maximum absolute atomic E-state index is 8.82. The van der Waals surface area contributed by atoms with E-state index in [9.17, 15) is 0 Å². The second-order valence-electron chi connectivity index (χ2n) is 3.14. The Kier molecular flexibility index (Phi) is 2.48. The van der Waals surface area contributed by atoms with E-state index in [-0.39, 0.29) is 12.4 Å². The summed E-state index contributed by atoms with van der Waals surface area (Å²) in [6.07, 6.45) is 3.24. The molecule has 80 valence electrons. The standard InChI is InChI=1S/C8H11N5O2/c1-13-4-10-2-6(13)8-11-7(12-15-8)5(9)3-14/h2,4-5,14H,3,9H2,1H3. The van der Waals surface area contributed by atoms with Gasteiger partial charge in [0.1, 0.15) is 5.69 Å². The van der Waals surface area contributed by atoms with Crippen LogP contribution in [0.25, 0.3) is 11.6 Å². The fraction of sp³-hybridized carbons (Fsp3) is 0.375. The van der Waals surface area contributed by atoms with Crippen LogP contribution >= 0.6 is 0 Å². The summed E-state index contributed by atoms with van der Waals surface area (Å²) < 4.78 is 6.75. The van der Waals surface area contributed by atoms with Crippen molar-refractivity contribution in [2.75, 3.05) is 6.61 Å². The zero-order chi connectivity index (χ0) is 10.8. The Labute approximate surface area is 85.5 Å². The number of hydrogen-bond acceptors (Lipinski definition) is 6. The van der Waals surface area contributed by atoms with Crippen molar-refractivity contribution in [1.82, 2.24) is 19.7 Å². The molecule has 2 rings (SSSR count). The lowest BCUT2D eigenvalue weighted by Gasteiger charge is -1.98. The molecular weight excluding hydrogens is 198 g/mol. The van der Waals surface area contributed by atoms with Crippen molar-refractivity contribution in [3.8, 4) is 11.6 Å². The van der Waals surface area contributed by atoms with Crippen molar-refractivity contribution in [1.29, 1.82) is 0 Å². The largest absolute Gasteiger partial charge is 0.394 e. The van der Waals surface area contributed by atoms with E-state index in [0.29, 0.717) is 11.6 Å². The van der Waals surface area contributed by atoms with Gasteiger partial charge in [-0.25, -0.2) is 4.98 Å². The first-order chi connectivity index (χ1) is 7.22. The predicted octanol–water partition coefficient (Wildman–Crippen LogP) is -0.538. The number of nitrogens with zero attached hydrogens (tertiary/aromatic N) is 4. The summed E-state index contributed by atoms with van der Waals surface area (Å²) in [6, 6.07) is -0.615. The van der Waals surface area contributed by atoms with Gasteiger partial charge in [-0.1, -0.05) is 5.16 Å². The van der Waals surface area contributed by atoms with Gasteiger partial charge in [0, 0.05) is 7.05 Å². The van der Waals surface area contributed by atoms with Gasteiger partial charge in [-0.3, -0.25) is 0 Å². The van der Waals surface area contributed by atoms with Gasteiger partial charge >= 0.3 is 0 Å². The van der Waals surface area contributed by atoms with Crippen molar-refractivity contribution >= 4 is 0 Å². The second-order valence-corrected chi connectivity index (χ2v) is 3.14. The molecule has 7 heteroatoms. The fourth-order valence-electron chi connectivity index (χ4n) is 1.13. The number of aryl methyl sites for hydroxylation is 1. The smallest absolute Gasteiger partial charge is 0.276 e. The molecule has 0 aliphatic heterocycles. The van der Waals surface area contributed by atoms with Crippen LogP contribution < -0.4 is 5.73 Å². The third-order valence-corrected chi connectivity index (χ3v) is 2.01. The molecule has 1 unspecified atom stereocenters. The maximum Gasteiger partial charge on any atom is 0.276 e. The summed E-state index contributed by atoms with van der Waals surface area (Å²) in [6.45, 7) is -0.218. The minimum absolute atomic E-state index is 0.218. The first kappa shape index (κ1) is 9.81. The monoisotopic (exact) mass is 209 g/mol. The molecule has 0 spiro atoms. The van der Waals surface area contributed by atoms with Crippen LogP contribution in [0.3, 0.4) is 0 Å². The molecule has 3 N–H and O–H groups in total. The van der Waals surface area contributed by atoms with Gasteiger partial charge in [0.25, 0.3) is 5.89 Å². The molecular formula is C8H11N5O2. The van der Waals surface area contributed by atoms with Crippen LogP contribution in [-0.2, 0) is 7.05 Å². The summed E-state index contributed by atoms with van der Waals surface area (Å²) in [7, 11) is 1.82.